The molecule has 0 atom stereocenters. The molecule has 13 heavy (non-hydrogen) atoms. The van der Waals surface area contributed by atoms with Crippen LogP contribution in [0.1, 0.15) is 5.56 Å². The van der Waals surface area contributed by atoms with Crippen molar-refractivity contribution in [2.24, 2.45) is 5.73 Å². The van der Waals surface area contributed by atoms with E-state index in [2.05, 4.69) is 10.2 Å². The van der Waals surface area contributed by atoms with Gasteiger partial charge in [-0.1, -0.05) is 0 Å². The van der Waals surface area contributed by atoms with E-state index in [0.717, 1.165) is 22.2 Å². The minimum absolute atomic E-state index is 0.458. The van der Waals surface area contributed by atoms with Gasteiger partial charge in [0.1, 0.15) is 5.75 Å². The van der Waals surface area contributed by atoms with Gasteiger partial charge >= 0.3 is 0 Å². The number of ether oxygens (including phenoxy) is 1. The molecule has 2 aromatic rings. The highest BCUT2D eigenvalue weighted by atomic mass is 16.5. The first-order valence-electron chi connectivity index (χ1n) is 4.06. The number of benzene rings is 1. The van der Waals surface area contributed by atoms with Gasteiger partial charge in [-0.15, -0.1) is 0 Å². The second-order valence-electron chi connectivity index (χ2n) is 2.78. The van der Waals surface area contributed by atoms with Gasteiger partial charge in [-0.2, -0.15) is 5.10 Å². The van der Waals surface area contributed by atoms with Gasteiger partial charge in [0.15, 0.2) is 0 Å². The summed E-state index contributed by atoms with van der Waals surface area (Å²) in [7, 11) is 1.64. The van der Waals surface area contributed by atoms with Crippen molar-refractivity contribution in [2.45, 2.75) is 6.54 Å². The molecular weight excluding hydrogens is 166 g/mol. The molecule has 4 nitrogen and oxygen atoms in total. The van der Waals surface area contributed by atoms with E-state index in [4.69, 9.17) is 10.5 Å². The first kappa shape index (κ1) is 8.07. The van der Waals surface area contributed by atoms with Crippen molar-refractivity contribution in [3.63, 3.8) is 0 Å². The molecule has 1 aromatic heterocycles. The average molecular weight is 177 g/mol. The van der Waals surface area contributed by atoms with Crippen LogP contribution in [0.25, 0.3) is 10.9 Å². The Morgan fingerprint density at radius 3 is 3.08 bits per heavy atom. The fourth-order valence-corrected chi connectivity index (χ4v) is 1.46. The number of fused-ring (bicyclic) bond motifs is 1. The molecule has 0 fully saturated rings. The van der Waals surface area contributed by atoms with Crippen LogP contribution in [-0.4, -0.2) is 17.3 Å². The summed E-state index contributed by atoms with van der Waals surface area (Å²) < 4.78 is 5.19. The lowest BCUT2D eigenvalue weighted by atomic mass is 10.1. The molecule has 0 aliphatic rings. The molecule has 0 bridgehead atoms. The summed E-state index contributed by atoms with van der Waals surface area (Å²) >= 11 is 0. The molecule has 0 unspecified atom stereocenters. The highest BCUT2D eigenvalue weighted by Crippen LogP contribution is 2.25. The molecule has 0 amide bonds. The number of H-pyrrole nitrogens is 1. The Morgan fingerprint density at radius 1 is 1.54 bits per heavy atom. The van der Waals surface area contributed by atoms with E-state index in [0.29, 0.717) is 6.54 Å². The number of nitrogens with two attached hydrogens (primary N) is 1. The van der Waals surface area contributed by atoms with E-state index >= 15 is 0 Å². The summed E-state index contributed by atoms with van der Waals surface area (Å²) in [5.41, 5.74) is 7.61. The van der Waals surface area contributed by atoms with Crippen LogP contribution >= 0.6 is 0 Å². The van der Waals surface area contributed by atoms with Gasteiger partial charge in [-0.25, -0.2) is 0 Å². The second kappa shape index (κ2) is 3.06. The van der Waals surface area contributed by atoms with Crippen molar-refractivity contribution in [2.75, 3.05) is 7.11 Å². The van der Waals surface area contributed by atoms with Crippen molar-refractivity contribution in [1.29, 1.82) is 0 Å². The van der Waals surface area contributed by atoms with Crippen molar-refractivity contribution >= 4 is 10.9 Å². The number of hydrogen-bond donors (Lipinski definition) is 2. The van der Waals surface area contributed by atoms with Gasteiger partial charge in [0.2, 0.25) is 0 Å². The molecular formula is C9H11N3O. The largest absolute Gasteiger partial charge is 0.496 e. The van der Waals surface area contributed by atoms with Crippen LogP contribution in [0, 0.1) is 0 Å². The van der Waals surface area contributed by atoms with E-state index in [1.807, 2.05) is 12.1 Å². The molecule has 1 heterocycles. The normalized spacial score (nSPS) is 10.6. The smallest absolute Gasteiger partial charge is 0.124 e. The summed E-state index contributed by atoms with van der Waals surface area (Å²) in [6, 6.07) is 3.82. The highest BCUT2D eigenvalue weighted by molar-refractivity contribution is 5.83. The zero-order valence-electron chi connectivity index (χ0n) is 7.37. The van der Waals surface area contributed by atoms with Crippen LogP contribution in [0.2, 0.25) is 0 Å². The molecule has 2 rings (SSSR count). The van der Waals surface area contributed by atoms with E-state index < -0.39 is 0 Å². The first-order chi connectivity index (χ1) is 6.36. The van der Waals surface area contributed by atoms with Gasteiger partial charge in [0.25, 0.3) is 0 Å². The predicted molar refractivity (Wildman–Crippen MR) is 50.5 cm³/mol. The quantitative estimate of drug-likeness (QED) is 0.720. The highest BCUT2D eigenvalue weighted by Gasteiger charge is 2.07. The van der Waals surface area contributed by atoms with Crippen LogP contribution in [0.3, 0.4) is 0 Å². The van der Waals surface area contributed by atoms with E-state index in [9.17, 15) is 0 Å². The third-order valence-corrected chi connectivity index (χ3v) is 2.12. The van der Waals surface area contributed by atoms with Crippen LogP contribution in [-0.2, 0) is 6.54 Å². The first-order valence-corrected chi connectivity index (χ1v) is 4.06. The minimum Gasteiger partial charge on any atom is -0.496 e. The zero-order chi connectivity index (χ0) is 9.26. The summed E-state index contributed by atoms with van der Waals surface area (Å²) in [5, 5.41) is 7.86. The third-order valence-electron chi connectivity index (χ3n) is 2.12. The average Bonchev–Trinajstić information content (AvgIpc) is 2.63. The number of methoxy groups -OCH3 is 1. The van der Waals surface area contributed by atoms with Crippen LogP contribution in [0.4, 0.5) is 0 Å². The standard InChI is InChI=1S/C9H11N3O/c1-13-9-3-2-8-7(5-11-12-8)6(9)4-10/h2-3,5H,4,10H2,1H3,(H,11,12). The van der Waals surface area contributed by atoms with Crippen LogP contribution < -0.4 is 10.5 Å². The number of nitrogens with one attached hydrogen (secondary N) is 1. The number of aromatic nitrogens is 2. The lowest BCUT2D eigenvalue weighted by Gasteiger charge is -2.06. The Balaban J connectivity index is 2.74. The third kappa shape index (κ3) is 1.15. The fourth-order valence-electron chi connectivity index (χ4n) is 1.46. The van der Waals surface area contributed by atoms with Crippen molar-refractivity contribution < 1.29 is 4.74 Å². The molecule has 1 aromatic carbocycles. The lowest BCUT2D eigenvalue weighted by molar-refractivity contribution is 0.410. The Bertz CT molecular complexity index is 422. The molecule has 0 saturated heterocycles. The predicted octanol–water partition coefficient (Wildman–Crippen LogP) is 1.03. The van der Waals surface area contributed by atoms with Crippen molar-refractivity contribution in [1.82, 2.24) is 10.2 Å². The van der Waals surface area contributed by atoms with Crippen molar-refractivity contribution in [3.8, 4) is 5.75 Å². The van der Waals surface area contributed by atoms with Crippen LogP contribution in [0.15, 0.2) is 18.3 Å². The SMILES string of the molecule is COc1ccc2[nH]ncc2c1CN. The molecule has 0 radical (unpaired) electrons. The molecule has 3 N–H and O–H groups in total. The number of aromatic amines is 1. The lowest BCUT2D eigenvalue weighted by Crippen LogP contribution is -2.00. The Morgan fingerprint density at radius 2 is 2.38 bits per heavy atom. The molecule has 0 aliphatic heterocycles. The maximum Gasteiger partial charge on any atom is 0.124 e. The topological polar surface area (TPSA) is 63.9 Å². The van der Waals surface area contributed by atoms with Crippen molar-refractivity contribution in [3.05, 3.63) is 23.9 Å². The Labute approximate surface area is 75.7 Å². The number of rotatable bonds is 2. The van der Waals surface area contributed by atoms with Crippen LogP contribution in [0.5, 0.6) is 5.75 Å². The van der Waals surface area contributed by atoms with Gasteiger partial charge in [-0.3, -0.25) is 5.10 Å². The molecule has 0 saturated carbocycles. The number of nitrogens with zero attached hydrogens (tertiary/aromatic N) is 1. The maximum atomic E-state index is 5.63. The maximum absolute atomic E-state index is 5.63. The molecule has 0 spiro atoms. The van der Waals surface area contributed by atoms with E-state index in [1.54, 1.807) is 13.3 Å². The monoisotopic (exact) mass is 177 g/mol. The second-order valence-corrected chi connectivity index (χ2v) is 2.78. The zero-order valence-corrected chi connectivity index (χ0v) is 7.37. The minimum atomic E-state index is 0.458. The molecule has 4 heteroatoms. The molecule has 0 aliphatic carbocycles. The van der Waals surface area contributed by atoms with Gasteiger partial charge in [0, 0.05) is 17.5 Å². The molecule has 68 valence electrons. The Hall–Kier alpha value is -1.55. The Kier molecular flexibility index (Phi) is 1.90. The van der Waals surface area contributed by atoms with Gasteiger partial charge < -0.3 is 10.5 Å². The summed E-state index contributed by atoms with van der Waals surface area (Å²) in [5.74, 6) is 0.816. The van der Waals surface area contributed by atoms with Gasteiger partial charge in [-0.05, 0) is 12.1 Å². The fraction of sp³-hybridized carbons (Fsp3) is 0.222. The van der Waals surface area contributed by atoms with E-state index in [1.165, 1.54) is 0 Å². The summed E-state index contributed by atoms with van der Waals surface area (Å²) in [6.07, 6.45) is 1.76. The van der Waals surface area contributed by atoms with Gasteiger partial charge in [0.05, 0.1) is 18.8 Å². The summed E-state index contributed by atoms with van der Waals surface area (Å²) in [6.45, 7) is 0.458. The summed E-state index contributed by atoms with van der Waals surface area (Å²) in [4.78, 5) is 0. The number of hydrogen-bond acceptors (Lipinski definition) is 3. The van der Waals surface area contributed by atoms with E-state index in [-0.39, 0.29) is 0 Å².